The Bertz CT molecular complexity index is 645. The van der Waals surface area contributed by atoms with E-state index in [0.29, 0.717) is 0 Å². The number of ether oxygens (including phenoxy) is 1. The van der Waals surface area contributed by atoms with Crippen LogP contribution in [0.5, 0.6) is 5.75 Å². The van der Waals surface area contributed by atoms with Crippen LogP contribution in [0.1, 0.15) is 5.56 Å². The summed E-state index contributed by atoms with van der Waals surface area (Å²) >= 11 is 0. The van der Waals surface area contributed by atoms with Crippen LogP contribution in [0.4, 0.5) is 18.9 Å². The van der Waals surface area contributed by atoms with E-state index in [1.807, 2.05) is 0 Å². The lowest BCUT2D eigenvalue weighted by atomic mass is 10.2. The minimum absolute atomic E-state index is 0.0292. The van der Waals surface area contributed by atoms with Crippen molar-refractivity contribution >= 4 is 11.4 Å². The van der Waals surface area contributed by atoms with Crippen LogP contribution in [0.2, 0.25) is 0 Å². The van der Waals surface area contributed by atoms with Crippen molar-refractivity contribution in [2.24, 2.45) is 5.10 Å². The first-order valence-electron chi connectivity index (χ1n) is 4.83. The number of halogens is 3. The maximum absolute atomic E-state index is 12.1. The molecule has 0 atom stereocenters. The number of nitrogens with one attached hydrogen (secondary N) is 1. The molecule has 9 heteroatoms. The fourth-order valence-electron chi connectivity index (χ4n) is 1.10. The third-order valence-electron chi connectivity index (χ3n) is 1.85. The van der Waals surface area contributed by atoms with E-state index in [1.54, 1.807) is 6.07 Å². The minimum Gasteiger partial charge on any atom is -0.406 e. The van der Waals surface area contributed by atoms with Gasteiger partial charge in [0.05, 0.1) is 11.3 Å². The van der Waals surface area contributed by atoms with E-state index < -0.39 is 17.8 Å². The molecule has 0 spiro atoms. The molecule has 100 valence electrons. The van der Waals surface area contributed by atoms with E-state index in [-0.39, 0.29) is 11.3 Å². The van der Waals surface area contributed by atoms with Crippen molar-refractivity contribution in [3.63, 3.8) is 0 Å². The summed E-state index contributed by atoms with van der Waals surface area (Å²) in [4.78, 5) is 0. The molecule has 0 bridgehead atoms. The van der Waals surface area contributed by atoms with E-state index in [1.165, 1.54) is 12.1 Å². The SMILES string of the molecule is N#CC(C#N)=NNc1cc(OC(F)(F)F)ccc1C#N. The maximum atomic E-state index is 12.1. The van der Waals surface area contributed by atoms with Gasteiger partial charge < -0.3 is 4.74 Å². The molecule has 0 amide bonds. The maximum Gasteiger partial charge on any atom is 0.573 e. The third kappa shape index (κ3) is 4.21. The van der Waals surface area contributed by atoms with Crippen LogP contribution in [-0.2, 0) is 0 Å². The standard InChI is InChI=1S/C11H4F3N5O/c12-11(13,14)20-9-2-1-7(4-15)10(3-9)19-18-8(5-16)6-17/h1-3,19H. The molecule has 0 heterocycles. The lowest BCUT2D eigenvalue weighted by Gasteiger charge is -2.10. The molecule has 0 unspecified atom stereocenters. The third-order valence-corrected chi connectivity index (χ3v) is 1.85. The van der Waals surface area contributed by atoms with Crippen LogP contribution in [0.3, 0.4) is 0 Å². The highest BCUT2D eigenvalue weighted by atomic mass is 19.4. The molecule has 0 saturated carbocycles. The molecule has 0 radical (unpaired) electrons. The summed E-state index contributed by atoms with van der Waals surface area (Å²) in [5.41, 5.74) is 1.46. The molecular weight excluding hydrogens is 275 g/mol. The Morgan fingerprint density at radius 1 is 1.20 bits per heavy atom. The van der Waals surface area contributed by atoms with Crippen LogP contribution in [0.25, 0.3) is 0 Å². The van der Waals surface area contributed by atoms with Gasteiger partial charge in [-0.3, -0.25) is 5.43 Å². The molecule has 6 nitrogen and oxygen atoms in total. The summed E-state index contributed by atoms with van der Waals surface area (Å²) < 4.78 is 39.8. The zero-order valence-electron chi connectivity index (χ0n) is 9.56. The number of hydrazone groups is 1. The van der Waals surface area contributed by atoms with Crippen molar-refractivity contribution in [1.29, 1.82) is 15.8 Å². The van der Waals surface area contributed by atoms with Gasteiger partial charge in [0.25, 0.3) is 0 Å². The molecule has 0 saturated heterocycles. The fraction of sp³-hybridized carbons (Fsp3) is 0.0909. The Morgan fingerprint density at radius 3 is 2.35 bits per heavy atom. The number of benzene rings is 1. The largest absolute Gasteiger partial charge is 0.573 e. The number of hydrogen-bond donors (Lipinski definition) is 1. The predicted octanol–water partition coefficient (Wildman–Crippen LogP) is 2.27. The second-order valence-corrected chi connectivity index (χ2v) is 3.16. The number of nitrogens with zero attached hydrogens (tertiary/aromatic N) is 4. The van der Waals surface area contributed by atoms with Gasteiger partial charge in [-0.25, -0.2) is 0 Å². The summed E-state index contributed by atoms with van der Waals surface area (Å²) in [5.74, 6) is -0.565. The van der Waals surface area contributed by atoms with Crippen molar-refractivity contribution in [2.45, 2.75) is 6.36 Å². The average molecular weight is 279 g/mol. The van der Waals surface area contributed by atoms with Gasteiger partial charge >= 0.3 is 6.36 Å². The van der Waals surface area contributed by atoms with Crippen LogP contribution >= 0.6 is 0 Å². The second kappa shape index (κ2) is 6.07. The Labute approximate surface area is 110 Å². The number of rotatable bonds is 3. The van der Waals surface area contributed by atoms with Gasteiger partial charge in [0.2, 0.25) is 5.71 Å². The zero-order valence-corrected chi connectivity index (χ0v) is 9.56. The fourth-order valence-corrected chi connectivity index (χ4v) is 1.10. The molecule has 1 aromatic rings. The quantitative estimate of drug-likeness (QED) is 0.674. The highest BCUT2D eigenvalue weighted by Crippen LogP contribution is 2.27. The van der Waals surface area contributed by atoms with Crippen molar-refractivity contribution in [3.8, 4) is 24.0 Å². The van der Waals surface area contributed by atoms with E-state index in [4.69, 9.17) is 15.8 Å². The molecule has 1 rings (SSSR count). The van der Waals surface area contributed by atoms with Crippen LogP contribution in [-0.4, -0.2) is 12.1 Å². The summed E-state index contributed by atoms with van der Waals surface area (Å²) in [7, 11) is 0. The summed E-state index contributed by atoms with van der Waals surface area (Å²) in [6.07, 6.45) is -4.88. The van der Waals surface area contributed by atoms with Gasteiger partial charge in [-0.15, -0.1) is 13.2 Å². The van der Waals surface area contributed by atoms with Crippen molar-refractivity contribution in [2.75, 3.05) is 5.43 Å². The molecule has 0 aliphatic carbocycles. The Hall–Kier alpha value is -3.25. The van der Waals surface area contributed by atoms with E-state index in [2.05, 4.69) is 15.3 Å². The lowest BCUT2D eigenvalue weighted by molar-refractivity contribution is -0.274. The highest BCUT2D eigenvalue weighted by Gasteiger charge is 2.31. The second-order valence-electron chi connectivity index (χ2n) is 3.16. The zero-order chi connectivity index (χ0) is 15.2. The first kappa shape index (κ1) is 14.8. The lowest BCUT2D eigenvalue weighted by Crippen LogP contribution is -2.17. The first-order chi connectivity index (χ1) is 9.39. The first-order valence-corrected chi connectivity index (χ1v) is 4.83. The normalized spacial score (nSPS) is 9.60. The van der Waals surface area contributed by atoms with Gasteiger partial charge in [-0.2, -0.15) is 20.9 Å². The summed E-state index contributed by atoms with van der Waals surface area (Å²) in [6.45, 7) is 0. The number of anilines is 1. The predicted molar refractivity (Wildman–Crippen MR) is 60.1 cm³/mol. The van der Waals surface area contributed by atoms with Gasteiger partial charge in [-0.05, 0) is 12.1 Å². The molecule has 0 fully saturated rings. The average Bonchev–Trinajstić information content (AvgIpc) is 2.38. The van der Waals surface area contributed by atoms with Crippen LogP contribution in [0.15, 0.2) is 23.3 Å². The summed E-state index contributed by atoms with van der Waals surface area (Å²) in [5, 5.41) is 29.0. The van der Waals surface area contributed by atoms with Gasteiger partial charge in [0.1, 0.15) is 24.0 Å². The van der Waals surface area contributed by atoms with Gasteiger partial charge in [-0.1, -0.05) is 0 Å². The number of hydrogen-bond acceptors (Lipinski definition) is 6. The number of alkyl halides is 3. The summed E-state index contributed by atoms with van der Waals surface area (Å²) in [6, 6.07) is 7.51. The van der Waals surface area contributed by atoms with Crippen molar-refractivity contribution in [3.05, 3.63) is 23.8 Å². The molecule has 1 aromatic carbocycles. The van der Waals surface area contributed by atoms with Gasteiger partial charge in [0.15, 0.2) is 0 Å². The molecule has 1 N–H and O–H groups in total. The molecule has 0 aliphatic rings. The van der Waals surface area contributed by atoms with E-state index >= 15 is 0 Å². The molecular formula is C11H4F3N5O. The monoisotopic (exact) mass is 279 g/mol. The number of nitriles is 3. The van der Waals surface area contributed by atoms with E-state index in [0.717, 1.165) is 18.2 Å². The van der Waals surface area contributed by atoms with Gasteiger partial charge in [0, 0.05) is 6.07 Å². The van der Waals surface area contributed by atoms with E-state index in [9.17, 15) is 13.2 Å². The van der Waals surface area contributed by atoms with Crippen molar-refractivity contribution in [1.82, 2.24) is 0 Å². The van der Waals surface area contributed by atoms with Crippen LogP contribution in [0, 0.1) is 34.0 Å². The smallest absolute Gasteiger partial charge is 0.406 e. The molecule has 0 aromatic heterocycles. The Balaban J connectivity index is 3.09. The van der Waals surface area contributed by atoms with Crippen LogP contribution < -0.4 is 10.2 Å². The molecule has 0 aliphatic heterocycles. The Morgan fingerprint density at radius 2 is 1.85 bits per heavy atom. The molecule has 20 heavy (non-hydrogen) atoms. The van der Waals surface area contributed by atoms with Crippen molar-refractivity contribution < 1.29 is 17.9 Å². The highest BCUT2D eigenvalue weighted by molar-refractivity contribution is 6.10. The minimum atomic E-state index is -4.88. The topological polar surface area (TPSA) is 105 Å². The Kier molecular flexibility index (Phi) is 4.50.